The largest absolute Gasteiger partial charge is 0.332 e. The number of hydrogen-bond acceptors (Lipinski definition) is 6. The first kappa shape index (κ1) is 18.2. The number of nitro groups is 1. The van der Waals surface area contributed by atoms with E-state index in [1.807, 2.05) is 0 Å². The van der Waals surface area contributed by atoms with Gasteiger partial charge in [0, 0.05) is 30.7 Å². The number of fused-ring (bicyclic) bond motifs is 1. The molecule has 29 heavy (non-hydrogen) atoms. The smallest absolute Gasteiger partial charge is 0.287 e. The molecular weight excluding hydrogens is 374 g/mol. The van der Waals surface area contributed by atoms with Crippen LogP contribution < -0.4 is 11.2 Å². The summed E-state index contributed by atoms with van der Waals surface area (Å²) in [4.78, 5) is 44.7. The fraction of sp³-hybridized carbons (Fsp3) is 0.100. The van der Waals surface area contributed by atoms with E-state index in [9.17, 15) is 19.7 Å². The molecule has 144 valence electrons. The van der Waals surface area contributed by atoms with Crippen LogP contribution in [0.5, 0.6) is 0 Å². The van der Waals surface area contributed by atoms with Gasteiger partial charge in [-0.2, -0.15) is 0 Å². The Morgan fingerprint density at radius 3 is 2.41 bits per heavy atom. The van der Waals surface area contributed by atoms with Crippen molar-refractivity contribution in [2.45, 2.75) is 13.1 Å². The van der Waals surface area contributed by atoms with Crippen molar-refractivity contribution in [3.05, 3.63) is 109 Å². The Balaban J connectivity index is 1.89. The number of nitro benzene ring substituents is 1. The first-order valence-electron chi connectivity index (χ1n) is 8.75. The standard InChI is InChI=1S/C20H15N5O4/c26-19-18-17(5-2-8-22-18)23(13-15-3-1-4-16(11-15)25(28)29)20(27)24(19)12-14-6-9-21-10-7-14/h1-11H,12-13H2. The molecule has 0 bridgehead atoms. The third kappa shape index (κ3) is 3.53. The molecule has 0 fully saturated rings. The minimum atomic E-state index is -0.515. The van der Waals surface area contributed by atoms with Crippen LogP contribution in [0.25, 0.3) is 11.0 Å². The van der Waals surface area contributed by atoms with Crippen molar-refractivity contribution in [1.82, 2.24) is 19.1 Å². The molecule has 4 aromatic rings. The number of pyridine rings is 2. The normalized spacial score (nSPS) is 10.9. The summed E-state index contributed by atoms with van der Waals surface area (Å²) < 4.78 is 2.52. The highest BCUT2D eigenvalue weighted by Gasteiger charge is 2.15. The fourth-order valence-corrected chi connectivity index (χ4v) is 3.16. The maximum atomic E-state index is 13.2. The maximum absolute atomic E-state index is 13.2. The Kier molecular flexibility index (Phi) is 4.70. The van der Waals surface area contributed by atoms with Crippen molar-refractivity contribution >= 4 is 16.7 Å². The zero-order valence-electron chi connectivity index (χ0n) is 15.1. The lowest BCUT2D eigenvalue weighted by Crippen LogP contribution is -2.40. The van der Waals surface area contributed by atoms with E-state index in [0.717, 1.165) is 10.1 Å². The lowest BCUT2D eigenvalue weighted by atomic mass is 10.2. The summed E-state index contributed by atoms with van der Waals surface area (Å²) >= 11 is 0. The summed E-state index contributed by atoms with van der Waals surface area (Å²) in [7, 11) is 0. The third-order valence-corrected chi connectivity index (χ3v) is 4.54. The van der Waals surface area contributed by atoms with E-state index in [-0.39, 0.29) is 24.3 Å². The van der Waals surface area contributed by atoms with Gasteiger partial charge >= 0.3 is 5.69 Å². The highest BCUT2D eigenvalue weighted by atomic mass is 16.6. The molecule has 0 atom stereocenters. The number of benzene rings is 1. The SMILES string of the molecule is O=c1c2ncccc2n(Cc2cccc([N+](=O)[O-])c2)c(=O)n1Cc1ccncc1. The molecule has 0 N–H and O–H groups in total. The molecule has 9 heteroatoms. The van der Waals surface area contributed by atoms with Crippen molar-refractivity contribution < 1.29 is 4.92 Å². The molecule has 0 saturated carbocycles. The monoisotopic (exact) mass is 389 g/mol. The van der Waals surface area contributed by atoms with Gasteiger partial charge < -0.3 is 0 Å². The Labute approximate surface area is 163 Å². The number of non-ortho nitro benzene ring substituents is 1. The zero-order valence-corrected chi connectivity index (χ0v) is 15.1. The molecule has 3 aromatic heterocycles. The van der Waals surface area contributed by atoms with E-state index in [1.54, 1.807) is 48.8 Å². The topological polar surface area (TPSA) is 113 Å². The van der Waals surface area contributed by atoms with Crippen molar-refractivity contribution in [2.75, 3.05) is 0 Å². The Hall–Kier alpha value is -4.14. The third-order valence-electron chi connectivity index (χ3n) is 4.54. The second-order valence-corrected chi connectivity index (χ2v) is 6.41. The Morgan fingerprint density at radius 2 is 1.66 bits per heavy atom. The quantitative estimate of drug-likeness (QED) is 0.381. The molecule has 0 spiro atoms. The summed E-state index contributed by atoms with van der Waals surface area (Å²) in [5, 5.41) is 11.1. The van der Waals surface area contributed by atoms with Gasteiger partial charge in [0.25, 0.3) is 11.2 Å². The first-order chi connectivity index (χ1) is 14.0. The average Bonchev–Trinajstić information content (AvgIpc) is 2.75. The molecule has 0 aliphatic carbocycles. The van der Waals surface area contributed by atoms with Gasteiger partial charge in [-0.15, -0.1) is 0 Å². The zero-order chi connectivity index (χ0) is 20.4. The molecule has 1 aromatic carbocycles. The number of hydrogen-bond donors (Lipinski definition) is 0. The van der Waals surface area contributed by atoms with E-state index < -0.39 is 16.2 Å². The molecule has 0 aliphatic rings. The number of nitrogens with zero attached hydrogens (tertiary/aromatic N) is 5. The average molecular weight is 389 g/mol. The van der Waals surface area contributed by atoms with Crippen LogP contribution in [0.1, 0.15) is 11.1 Å². The van der Waals surface area contributed by atoms with Crippen molar-refractivity contribution in [2.24, 2.45) is 0 Å². The number of rotatable bonds is 5. The summed E-state index contributed by atoms with van der Waals surface area (Å²) in [5.41, 5.74) is 0.781. The van der Waals surface area contributed by atoms with Crippen LogP contribution in [0.2, 0.25) is 0 Å². The van der Waals surface area contributed by atoms with Crippen LogP contribution in [-0.4, -0.2) is 24.0 Å². The van der Waals surface area contributed by atoms with Crippen LogP contribution >= 0.6 is 0 Å². The van der Waals surface area contributed by atoms with Gasteiger partial charge in [0.05, 0.1) is 23.5 Å². The van der Waals surface area contributed by atoms with Crippen LogP contribution in [0.4, 0.5) is 5.69 Å². The van der Waals surface area contributed by atoms with Crippen molar-refractivity contribution in [3.8, 4) is 0 Å². The highest BCUT2D eigenvalue weighted by Crippen LogP contribution is 2.15. The lowest BCUT2D eigenvalue weighted by Gasteiger charge is -2.13. The van der Waals surface area contributed by atoms with E-state index in [4.69, 9.17) is 0 Å². The van der Waals surface area contributed by atoms with Crippen molar-refractivity contribution in [1.29, 1.82) is 0 Å². The Bertz CT molecular complexity index is 1330. The molecule has 0 radical (unpaired) electrons. The lowest BCUT2D eigenvalue weighted by molar-refractivity contribution is -0.384. The van der Waals surface area contributed by atoms with E-state index in [2.05, 4.69) is 9.97 Å². The minimum absolute atomic E-state index is 0.0666. The molecule has 4 rings (SSSR count). The van der Waals surface area contributed by atoms with Crippen LogP contribution in [0, 0.1) is 10.1 Å². The van der Waals surface area contributed by atoms with Gasteiger partial charge in [0.1, 0.15) is 0 Å². The van der Waals surface area contributed by atoms with E-state index in [1.165, 1.54) is 22.9 Å². The summed E-state index contributed by atoms with van der Waals surface area (Å²) in [6.07, 6.45) is 4.66. The van der Waals surface area contributed by atoms with Gasteiger partial charge in [0.15, 0.2) is 5.52 Å². The van der Waals surface area contributed by atoms with Gasteiger partial charge in [-0.05, 0) is 35.4 Å². The van der Waals surface area contributed by atoms with Gasteiger partial charge in [0.2, 0.25) is 0 Å². The fourth-order valence-electron chi connectivity index (χ4n) is 3.16. The summed E-state index contributed by atoms with van der Waals surface area (Å²) in [6.45, 7) is 0.140. The van der Waals surface area contributed by atoms with Crippen molar-refractivity contribution in [3.63, 3.8) is 0 Å². The second kappa shape index (κ2) is 7.47. The molecule has 0 amide bonds. The summed E-state index contributed by atoms with van der Waals surface area (Å²) in [5.74, 6) is 0. The van der Waals surface area contributed by atoms with E-state index in [0.29, 0.717) is 11.1 Å². The van der Waals surface area contributed by atoms with Gasteiger partial charge in [-0.1, -0.05) is 12.1 Å². The van der Waals surface area contributed by atoms with Crippen LogP contribution in [-0.2, 0) is 13.1 Å². The molecule has 0 unspecified atom stereocenters. The Morgan fingerprint density at radius 1 is 0.897 bits per heavy atom. The molecule has 3 heterocycles. The van der Waals surface area contributed by atoms with Crippen LogP contribution in [0.3, 0.4) is 0 Å². The highest BCUT2D eigenvalue weighted by molar-refractivity contribution is 5.73. The first-order valence-corrected chi connectivity index (χ1v) is 8.75. The maximum Gasteiger partial charge on any atom is 0.332 e. The minimum Gasteiger partial charge on any atom is -0.287 e. The molecule has 9 nitrogen and oxygen atoms in total. The molecule has 0 aliphatic heterocycles. The van der Waals surface area contributed by atoms with Gasteiger partial charge in [-0.25, -0.2) is 9.78 Å². The summed E-state index contributed by atoms with van der Waals surface area (Å²) in [6, 6.07) is 12.8. The predicted molar refractivity (Wildman–Crippen MR) is 106 cm³/mol. The van der Waals surface area contributed by atoms with Gasteiger partial charge in [-0.3, -0.25) is 29.0 Å². The number of aromatic nitrogens is 4. The molecule has 0 saturated heterocycles. The molecular formula is C20H15N5O4. The van der Waals surface area contributed by atoms with Crippen LogP contribution in [0.15, 0.2) is 76.7 Å². The second-order valence-electron chi connectivity index (χ2n) is 6.41. The predicted octanol–water partition coefficient (Wildman–Crippen LogP) is 1.96. The van der Waals surface area contributed by atoms with E-state index >= 15 is 0 Å².